The molecule has 0 aliphatic carbocycles. The second-order valence-corrected chi connectivity index (χ2v) is 14.1. The number of hydrogen-bond acceptors (Lipinski definition) is 6. The number of unbranched alkanes of at least 4 members (excludes halogenated alkanes) is 19. The maximum absolute atomic E-state index is 12.6. The number of aliphatic hydroxyl groups is 1. The van der Waals surface area contributed by atoms with Crippen molar-refractivity contribution in [3.8, 4) is 0 Å². The van der Waals surface area contributed by atoms with Crippen LogP contribution >= 0.6 is 0 Å². The van der Waals surface area contributed by atoms with Gasteiger partial charge in [-0.3, -0.25) is 14.4 Å². The van der Waals surface area contributed by atoms with Gasteiger partial charge in [0, 0.05) is 13.0 Å². The van der Waals surface area contributed by atoms with Gasteiger partial charge in [-0.1, -0.05) is 129 Å². The monoisotopic (exact) mass is 670 g/mol. The molecule has 0 aromatic heterocycles. The summed E-state index contributed by atoms with van der Waals surface area (Å²) in [5.74, 6) is -2.55. The molecule has 0 rings (SSSR count). The van der Waals surface area contributed by atoms with Crippen LogP contribution in [0.25, 0.3) is 0 Å². The van der Waals surface area contributed by atoms with E-state index in [4.69, 9.17) is 4.74 Å². The van der Waals surface area contributed by atoms with E-state index >= 15 is 0 Å². The molecular weight excluding hydrogens is 594 g/mol. The van der Waals surface area contributed by atoms with Crippen molar-refractivity contribution >= 4 is 17.9 Å². The Labute approximate surface area is 288 Å². The topological polar surface area (TPSA) is 124 Å². The van der Waals surface area contributed by atoms with Gasteiger partial charge in [-0.25, -0.2) is 0 Å². The highest BCUT2D eigenvalue weighted by atomic mass is 16.5. The summed E-state index contributed by atoms with van der Waals surface area (Å²) in [4.78, 5) is 37.5. The fourth-order valence-corrected chi connectivity index (χ4v) is 6.25. The Balaban J connectivity index is 4.10. The van der Waals surface area contributed by atoms with Crippen LogP contribution in [0.2, 0.25) is 0 Å². The fraction of sp³-hybridized carbons (Fsp3) is 0.923. The molecule has 0 spiro atoms. The van der Waals surface area contributed by atoms with Crippen LogP contribution in [0.15, 0.2) is 0 Å². The van der Waals surface area contributed by atoms with E-state index in [2.05, 4.69) is 18.7 Å². The Hall–Kier alpha value is -1.67. The Kier molecular flexibility index (Phi) is 30.5. The number of aliphatic carboxylic acids is 2. The number of rotatable bonds is 36. The summed E-state index contributed by atoms with van der Waals surface area (Å²) in [6, 6.07) is 0. The summed E-state index contributed by atoms with van der Waals surface area (Å²) in [6.07, 6.45) is 28.9. The first-order valence-corrected chi connectivity index (χ1v) is 19.7. The predicted molar refractivity (Wildman–Crippen MR) is 193 cm³/mol. The van der Waals surface area contributed by atoms with Gasteiger partial charge in [0.05, 0.1) is 6.61 Å². The number of carbonyl (C=O) groups is 3. The van der Waals surface area contributed by atoms with Crippen LogP contribution in [-0.4, -0.2) is 70.5 Å². The summed E-state index contributed by atoms with van der Waals surface area (Å²) >= 11 is 0. The Bertz CT molecular complexity index is 730. The second-order valence-electron chi connectivity index (χ2n) is 14.1. The minimum atomic E-state index is -1.69. The number of nitrogens with zero attached hydrogens (tertiary/aromatic N) is 1. The van der Waals surface area contributed by atoms with E-state index in [1.807, 2.05) is 0 Å². The van der Waals surface area contributed by atoms with Crippen LogP contribution in [0.5, 0.6) is 0 Å². The van der Waals surface area contributed by atoms with E-state index in [-0.39, 0.29) is 25.1 Å². The van der Waals surface area contributed by atoms with Gasteiger partial charge in [-0.15, -0.1) is 0 Å². The van der Waals surface area contributed by atoms with E-state index in [9.17, 15) is 29.7 Å². The average Bonchev–Trinajstić information content (AvgIpc) is 3.04. The molecule has 0 aliphatic rings. The standard InChI is InChI=1S/C39H75NO7/c1-4-6-8-10-15-21-27-35(28-22-16-11-9-7-5-2)47-36(42)29-23-17-14-20-26-32-40(33-34-41)31-25-19-13-12-18-24-30-39(3,37(43)44)38(45)46/h35,41H,4-34H2,1-3H3,(H,43,44)(H,45,46). The number of hydrogen-bond donors (Lipinski definition) is 3. The Morgan fingerprint density at radius 2 is 0.979 bits per heavy atom. The molecule has 0 saturated heterocycles. The van der Waals surface area contributed by atoms with E-state index in [1.165, 1.54) is 71.1 Å². The van der Waals surface area contributed by atoms with Crippen molar-refractivity contribution in [2.45, 2.75) is 200 Å². The maximum Gasteiger partial charge on any atom is 0.320 e. The third-order valence-electron chi connectivity index (χ3n) is 9.67. The number of carboxylic acid groups (broad SMARTS) is 2. The molecule has 0 saturated carbocycles. The van der Waals surface area contributed by atoms with Crippen LogP contribution < -0.4 is 0 Å². The van der Waals surface area contributed by atoms with E-state index in [0.717, 1.165) is 103 Å². The Morgan fingerprint density at radius 1 is 0.574 bits per heavy atom. The maximum atomic E-state index is 12.6. The molecule has 0 aromatic carbocycles. The molecule has 0 radical (unpaired) electrons. The predicted octanol–water partition coefficient (Wildman–Crippen LogP) is 9.94. The van der Waals surface area contributed by atoms with Crippen molar-refractivity contribution < 1.29 is 34.4 Å². The molecule has 8 nitrogen and oxygen atoms in total. The largest absolute Gasteiger partial charge is 0.480 e. The zero-order chi connectivity index (χ0) is 35.0. The molecule has 0 fully saturated rings. The van der Waals surface area contributed by atoms with E-state index in [0.29, 0.717) is 19.4 Å². The van der Waals surface area contributed by atoms with Gasteiger partial charge >= 0.3 is 17.9 Å². The lowest BCUT2D eigenvalue weighted by molar-refractivity contribution is -0.164. The normalized spacial score (nSPS) is 11.9. The van der Waals surface area contributed by atoms with Gasteiger partial charge in [0.25, 0.3) is 0 Å². The summed E-state index contributed by atoms with van der Waals surface area (Å²) in [5.41, 5.74) is -1.69. The lowest BCUT2D eigenvalue weighted by atomic mass is 9.85. The molecule has 47 heavy (non-hydrogen) atoms. The van der Waals surface area contributed by atoms with Crippen LogP contribution in [0.1, 0.15) is 194 Å². The quantitative estimate of drug-likeness (QED) is 0.0342. The molecule has 278 valence electrons. The molecule has 0 amide bonds. The van der Waals surface area contributed by atoms with Crippen LogP contribution in [-0.2, 0) is 19.1 Å². The molecule has 0 bridgehead atoms. The summed E-state index contributed by atoms with van der Waals surface area (Å²) in [5, 5.41) is 27.9. The first kappa shape index (κ1) is 45.3. The van der Waals surface area contributed by atoms with Gasteiger partial charge < -0.3 is 25.0 Å². The third-order valence-corrected chi connectivity index (χ3v) is 9.67. The molecule has 0 atom stereocenters. The summed E-state index contributed by atoms with van der Waals surface area (Å²) in [7, 11) is 0. The first-order chi connectivity index (χ1) is 22.7. The van der Waals surface area contributed by atoms with Crippen molar-refractivity contribution in [1.29, 1.82) is 0 Å². The molecule has 0 heterocycles. The minimum absolute atomic E-state index is 0.0138. The average molecular weight is 670 g/mol. The smallest absolute Gasteiger partial charge is 0.320 e. The lowest BCUT2D eigenvalue weighted by Gasteiger charge is -2.21. The molecular formula is C39H75NO7. The van der Waals surface area contributed by atoms with Gasteiger partial charge in [-0.05, 0) is 71.4 Å². The molecule has 3 N–H and O–H groups in total. The third kappa shape index (κ3) is 25.9. The number of carboxylic acids is 2. The highest BCUT2D eigenvalue weighted by Gasteiger charge is 2.40. The van der Waals surface area contributed by atoms with Gasteiger partial charge in [0.1, 0.15) is 6.10 Å². The summed E-state index contributed by atoms with van der Waals surface area (Å²) in [6.45, 7) is 8.56. The minimum Gasteiger partial charge on any atom is -0.480 e. The van der Waals surface area contributed by atoms with Gasteiger partial charge in [0.15, 0.2) is 5.41 Å². The van der Waals surface area contributed by atoms with E-state index in [1.54, 1.807) is 0 Å². The van der Waals surface area contributed by atoms with Crippen LogP contribution in [0.3, 0.4) is 0 Å². The number of esters is 1. The first-order valence-electron chi connectivity index (χ1n) is 19.7. The van der Waals surface area contributed by atoms with Crippen molar-refractivity contribution in [1.82, 2.24) is 4.90 Å². The SMILES string of the molecule is CCCCCCCCC(CCCCCCCC)OC(=O)CCCCCCCN(CCO)CCCCCCCCC(C)(C(=O)O)C(=O)O. The second kappa shape index (κ2) is 31.6. The summed E-state index contributed by atoms with van der Waals surface area (Å²) < 4.78 is 5.98. The zero-order valence-electron chi connectivity index (χ0n) is 30.9. The molecule has 0 aliphatic heterocycles. The number of aliphatic hydroxyl groups excluding tert-OH is 1. The Morgan fingerprint density at radius 3 is 1.43 bits per heavy atom. The van der Waals surface area contributed by atoms with Crippen molar-refractivity contribution in [2.75, 3.05) is 26.2 Å². The van der Waals surface area contributed by atoms with Gasteiger partial charge in [-0.2, -0.15) is 0 Å². The van der Waals surface area contributed by atoms with E-state index < -0.39 is 17.4 Å². The van der Waals surface area contributed by atoms with Crippen molar-refractivity contribution in [2.24, 2.45) is 5.41 Å². The zero-order valence-corrected chi connectivity index (χ0v) is 30.9. The highest BCUT2D eigenvalue weighted by molar-refractivity contribution is 5.97. The van der Waals surface area contributed by atoms with Gasteiger partial charge in [0.2, 0.25) is 0 Å². The highest BCUT2D eigenvalue weighted by Crippen LogP contribution is 2.26. The number of carbonyl (C=O) groups excluding carboxylic acids is 1. The molecule has 8 heteroatoms. The van der Waals surface area contributed by atoms with Crippen molar-refractivity contribution in [3.05, 3.63) is 0 Å². The van der Waals surface area contributed by atoms with Crippen molar-refractivity contribution in [3.63, 3.8) is 0 Å². The van der Waals surface area contributed by atoms with Crippen LogP contribution in [0, 0.1) is 5.41 Å². The molecule has 0 unspecified atom stereocenters. The van der Waals surface area contributed by atoms with Crippen LogP contribution in [0.4, 0.5) is 0 Å². The fourth-order valence-electron chi connectivity index (χ4n) is 6.25. The molecule has 0 aromatic rings. The lowest BCUT2D eigenvalue weighted by Crippen LogP contribution is -2.36. The number of ether oxygens (including phenoxy) is 1.